The Labute approximate surface area is 147 Å². The minimum Gasteiger partial charge on any atom is -0.465 e. The first-order valence-corrected chi connectivity index (χ1v) is 8.08. The maximum absolute atomic E-state index is 11.7. The molecule has 0 amide bonds. The molecule has 0 atom stereocenters. The van der Waals surface area contributed by atoms with E-state index >= 15 is 0 Å². The van der Waals surface area contributed by atoms with E-state index < -0.39 is 4.92 Å². The number of halogens is 1. The third-order valence-electron chi connectivity index (χ3n) is 3.11. The molecule has 1 heterocycles. The number of nitrogens with zero attached hydrogens (tertiary/aromatic N) is 2. The zero-order valence-corrected chi connectivity index (χ0v) is 14.4. The van der Waals surface area contributed by atoms with Gasteiger partial charge in [0.1, 0.15) is 12.0 Å². The summed E-state index contributed by atoms with van der Waals surface area (Å²) in [5.74, 6) is 0.271. The van der Waals surface area contributed by atoms with E-state index in [9.17, 15) is 14.9 Å². The van der Waals surface area contributed by atoms with Gasteiger partial charge in [0, 0.05) is 17.1 Å². The topological polar surface area (TPSA) is 94.4 Å². The van der Waals surface area contributed by atoms with Gasteiger partial charge in [-0.15, -0.1) is 0 Å². The van der Waals surface area contributed by atoms with E-state index in [0.29, 0.717) is 25.4 Å². The largest absolute Gasteiger partial charge is 0.465 e. The summed E-state index contributed by atoms with van der Waals surface area (Å²) in [5.41, 5.74) is 0.846. The molecule has 0 bridgehead atoms. The van der Waals surface area contributed by atoms with Gasteiger partial charge in [-0.05, 0) is 30.2 Å². The Kier molecular flexibility index (Phi) is 6.68. The fraction of sp³-hybridized carbons (Fsp3) is 0.250. The third kappa shape index (κ3) is 5.96. The van der Waals surface area contributed by atoms with Gasteiger partial charge in [-0.1, -0.05) is 28.1 Å². The first-order valence-electron chi connectivity index (χ1n) is 7.29. The molecule has 1 aromatic heterocycles. The van der Waals surface area contributed by atoms with Crippen LogP contribution in [0.25, 0.3) is 0 Å². The minimum atomic E-state index is -0.498. The average Bonchev–Trinajstić information content (AvgIpc) is 2.57. The number of ether oxygens (including phenoxy) is 1. The Morgan fingerprint density at radius 1 is 1.25 bits per heavy atom. The fourth-order valence-electron chi connectivity index (χ4n) is 1.89. The summed E-state index contributed by atoms with van der Waals surface area (Å²) in [7, 11) is 0. The van der Waals surface area contributed by atoms with Crippen molar-refractivity contribution in [3.63, 3.8) is 0 Å². The van der Waals surface area contributed by atoms with Crippen molar-refractivity contribution in [2.75, 3.05) is 18.5 Å². The van der Waals surface area contributed by atoms with Crippen LogP contribution in [0, 0.1) is 10.1 Å². The average molecular weight is 394 g/mol. The summed E-state index contributed by atoms with van der Waals surface area (Å²) in [6.45, 7) is 0.853. The van der Waals surface area contributed by atoms with Crippen LogP contribution < -0.4 is 5.32 Å². The van der Waals surface area contributed by atoms with Gasteiger partial charge in [0.2, 0.25) is 0 Å². The summed E-state index contributed by atoms with van der Waals surface area (Å²) < 4.78 is 6.13. The van der Waals surface area contributed by atoms with E-state index in [2.05, 4.69) is 26.2 Å². The lowest BCUT2D eigenvalue weighted by Gasteiger charge is -2.07. The highest BCUT2D eigenvalue weighted by atomic mass is 79.9. The van der Waals surface area contributed by atoms with Gasteiger partial charge < -0.3 is 10.1 Å². The van der Waals surface area contributed by atoms with Gasteiger partial charge in [0.05, 0.1) is 18.0 Å². The van der Waals surface area contributed by atoms with Crippen LogP contribution in [0.15, 0.2) is 47.1 Å². The summed E-state index contributed by atoms with van der Waals surface area (Å²) in [5, 5.41) is 13.5. The molecule has 7 nitrogen and oxygen atoms in total. The molecule has 0 saturated carbocycles. The predicted octanol–water partition coefficient (Wildman–Crippen LogP) is 3.34. The number of carbonyl (C=O) groups is 1. The Morgan fingerprint density at radius 2 is 2.00 bits per heavy atom. The van der Waals surface area contributed by atoms with Crippen LogP contribution in [0.1, 0.15) is 12.0 Å². The molecular weight excluding hydrogens is 378 g/mol. The number of anilines is 1. The van der Waals surface area contributed by atoms with Crippen molar-refractivity contribution in [1.82, 2.24) is 4.98 Å². The Hall–Kier alpha value is -2.48. The van der Waals surface area contributed by atoms with E-state index in [1.807, 2.05) is 24.3 Å². The summed E-state index contributed by atoms with van der Waals surface area (Å²) >= 11 is 3.34. The van der Waals surface area contributed by atoms with E-state index in [0.717, 1.165) is 10.0 Å². The van der Waals surface area contributed by atoms with Gasteiger partial charge in [0.25, 0.3) is 5.69 Å². The Morgan fingerprint density at radius 3 is 2.62 bits per heavy atom. The number of pyridine rings is 1. The predicted molar refractivity (Wildman–Crippen MR) is 92.8 cm³/mol. The summed E-state index contributed by atoms with van der Waals surface area (Å²) in [4.78, 5) is 25.7. The molecule has 0 radical (unpaired) electrons. The second-order valence-corrected chi connectivity index (χ2v) is 5.88. The van der Waals surface area contributed by atoms with E-state index in [1.54, 1.807) is 0 Å². The highest BCUT2D eigenvalue weighted by Crippen LogP contribution is 2.12. The zero-order chi connectivity index (χ0) is 17.4. The van der Waals surface area contributed by atoms with Crippen molar-refractivity contribution in [2.24, 2.45) is 0 Å². The highest BCUT2D eigenvalue weighted by molar-refractivity contribution is 9.10. The molecule has 0 aliphatic heterocycles. The lowest BCUT2D eigenvalue weighted by molar-refractivity contribution is -0.385. The van der Waals surface area contributed by atoms with E-state index in [-0.39, 0.29) is 18.1 Å². The van der Waals surface area contributed by atoms with Crippen molar-refractivity contribution >= 4 is 33.4 Å². The monoisotopic (exact) mass is 393 g/mol. The molecule has 2 aromatic rings. The third-order valence-corrected chi connectivity index (χ3v) is 3.64. The minimum absolute atomic E-state index is 0.0533. The van der Waals surface area contributed by atoms with Crippen molar-refractivity contribution < 1.29 is 14.5 Å². The highest BCUT2D eigenvalue weighted by Gasteiger charge is 2.06. The molecule has 8 heteroatoms. The van der Waals surface area contributed by atoms with Crippen molar-refractivity contribution in [2.45, 2.75) is 12.8 Å². The summed E-state index contributed by atoms with van der Waals surface area (Å²) in [6.07, 6.45) is 2.05. The number of esters is 1. The normalized spacial score (nSPS) is 10.2. The molecule has 0 saturated heterocycles. The second kappa shape index (κ2) is 8.97. The molecule has 1 N–H and O–H groups in total. The number of carbonyl (C=O) groups excluding carboxylic acids is 1. The lowest BCUT2D eigenvalue weighted by atomic mass is 10.2. The molecule has 0 fully saturated rings. The number of hydrogen-bond donors (Lipinski definition) is 1. The lowest BCUT2D eigenvalue weighted by Crippen LogP contribution is -2.12. The SMILES string of the molecule is O=C(Cc1ccc(Br)cc1)OCCCNc1ccc([N+](=O)[O-])cn1. The number of nitro groups is 1. The van der Waals surface area contributed by atoms with Crippen molar-refractivity contribution in [3.05, 3.63) is 62.7 Å². The molecule has 0 unspecified atom stereocenters. The summed E-state index contributed by atoms with van der Waals surface area (Å²) in [6, 6.07) is 10.4. The standard InChI is InChI=1S/C16H16BrN3O4/c17-13-4-2-12(3-5-13)10-16(21)24-9-1-8-18-15-7-6-14(11-19-15)20(22)23/h2-7,11H,1,8-10H2,(H,18,19). The van der Waals surface area contributed by atoms with Crippen LogP contribution in [0.3, 0.4) is 0 Å². The molecule has 126 valence electrons. The van der Waals surface area contributed by atoms with Crippen LogP contribution in [-0.2, 0) is 16.0 Å². The molecule has 0 spiro atoms. The quantitative estimate of drug-likeness (QED) is 0.319. The molecule has 24 heavy (non-hydrogen) atoms. The van der Waals surface area contributed by atoms with E-state index in [1.165, 1.54) is 18.3 Å². The van der Waals surface area contributed by atoms with Gasteiger partial charge in [-0.3, -0.25) is 14.9 Å². The first kappa shape index (κ1) is 17.9. The zero-order valence-electron chi connectivity index (χ0n) is 12.8. The number of nitrogens with one attached hydrogen (secondary N) is 1. The van der Waals surface area contributed by atoms with Crippen LogP contribution in [-0.4, -0.2) is 29.0 Å². The maximum Gasteiger partial charge on any atom is 0.310 e. The smallest absolute Gasteiger partial charge is 0.310 e. The van der Waals surface area contributed by atoms with Crippen LogP contribution >= 0.6 is 15.9 Å². The van der Waals surface area contributed by atoms with Crippen LogP contribution in [0.5, 0.6) is 0 Å². The molecule has 2 rings (SSSR count). The number of benzene rings is 1. The number of hydrogen-bond acceptors (Lipinski definition) is 6. The van der Waals surface area contributed by atoms with Crippen LogP contribution in [0.4, 0.5) is 11.5 Å². The van der Waals surface area contributed by atoms with Crippen LogP contribution in [0.2, 0.25) is 0 Å². The second-order valence-electron chi connectivity index (χ2n) is 4.96. The number of aromatic nitrogens is 1. The Balaban J connectivity index is 1.63. The van der Waals surface area contributed by atoms with Gasteiger partial charge in [-0.25, -0.2) is 4.98 Å². The molecule has 0 aliphatic rings. The maximum atomic E-state index is 11.7. The van der Waals surface area contributed by atoms with E-state index in [4.69, 9.17) is 4.74 Å². The molecular formula is C16H16BrN3O4. The first-order chi connectivity index (χ1) is 11.5. The molecule has 1 aromatic carbocycles. The van der Waals surface area contributed by atoms with Crippen molar-refractivity contribution in [1.29, 1.82) is 0 Å². The molecule has 0 aliphatic carbocycles. The van der Waals surface area contributed by atoms with Gasteiger partial charge >= 0.3 is 5.97 Å². The number of rotatable bonds is 8. The van der Waals surface area contributed by atoms with Gasteiger partial charge in [0.15, 0.2) is 0 Å². The van der Waals surface area contributed by atoms with Gasteiger partial charge in [-0.2, -0.15) is 0 Å². The Bertz CT molecular complexity index is 689. The van der Waals surface area contributed by atoms with Crippen molar-refractivity contribution in [3.8, 4) is 0 Å². The fourth-order valence-corrected chi connectivity index (χ4v) is 2.16.